The number of fused-ring (bicyclic) bond motifs is 3. The molecule has 0 saturated carbocycles. The number of anilines is 4. The largest absolute Gasteiger partial charge is 0.482 e. The maximum absolute atomic E-state index is 14.3. The Bertz CT molecular complexity index is 1890. The molecule has 0 fully saturated rings. The molecule has 2 N–H and O–H groups in total. The van der Waals surface area contributed by atoms with Crippen LogP contribution >= 0.6 is 0 Å². The van der Waals surface area contributed by atoms with Crippen molar-refractivity contribution >= 4 is 40.5 Å². The third-order valence-electron chi connectivity index (χ3n) is 9.40. The Hall–Kier alpha value is -5.25. The minimum atomic E-state index is -1.99. The summed E-state index contributed by atoms with van der Waals surface area (Å²) in [6, 6.07) is 29.2. The van der Waals surface area contributed by atoms with Crippen LogP contribution in [-0.2, 0) is 33.0 Å². The Morgan fingerprint density at radius 1 is 0.915 bits per heavy atom. The van der Waals surface area contributed by atoms with Crippen molar-refractivity contribution in [1.82, 2.24) is 4.90 Å². The van der Waals surface area contributed by atoms with Gasteiger partial charge in [-0.1, -0.05) is 73.7 Å². The number of aliphatic hydroxyl groups is 2. The fraction of sp³-hybridized carbons (Fsp3) is 0.237. The van der Waals surface area contributed by atoms with E-state index >= 15 is 0 Å². The van der Waals surface area contributed by atoms with E-state index in [1.807, 2.05) is 54.6 Å². The first kappa shape index (κ1) is 30.4. The molecule has 0 unspecified atom stereocenters. The molecule has 3 aliphatic heterocycles. The minimum Gasteiger partial charge on any atom is -0.482 e. The average molecular weight is 630 g/mol. The Morgan fingerprint density at radius 2 is 1.64 bits per heavy atom. The molecule has 0 aliphatic carbocycles. The van der Waals surface area contributed by atoms with E-state index in [0.717, 1.165) is 11.1 Å². The second-order valence-electron chi connectivity index (χ2n) is 12.2. The quantitative estimate of drug-likeness (QED) is 0.274. The zero-order chi connectivity index (χ0) is 32.7. The number of nitrogens with zero attached hydrogens (tertiary/aromatic N) is 3. The van der Waals surface area contributed by atoms with Gasteiger partial charge in [0.25, 0.3) is 11.8 Å². The van der Waals surface area contributed by atoms with E-state index in [-0.39, 0.29) is 37.5 Å². The van der Waals surface area contributed by atoms with Gasteiger partial charge in [-0.05, 0) is 60.0 Å². The SMILES string of the molecule is C[C@@H](/C=C/CC(=O)N1Cc2ccccc2C[C@H]1CO)[C@]1(O)C(=O)N(c2ccccc2)c2ccc(N3C(=O)COc4ccccc43)cc21. The third kappa shape index (κ3) is 5.17. The number of hydrogen-bond acceptors (Lipinski definition) is 6. The monoisotopic (exact) mass is 629 g/mol. The molecule has 3 atom stereocenters. The van der Waals surface area contributed by atoms with E-state index in [0.29, 0.717) is 47.0 Å². The highest BCUT2D eigenvalue weighted by Gasteiger charge is 2.53. The van der Waals surface area contributed by atoms with Crippen LogP contribution in [0.5, 0.6) is 5.75 Å². The number of para-hydroxylation sites is 3. The first-order valence-electron chi connectivity index (χ1n) is 15.8. The van der Waals surface area contributed by atoms with Crippen molar-refractivity contribution in [2.24, 2.45) is 5.92 Å². The van der Waals surface area contributed by atoms with Crippen LogP contribution in [0.4, 0.5) is 22.7 Å². The van der Waals surface area contributed by atoms with Crippen LogP contribution in [0.1, 0.15) is 30.0 Å². The molecule has 238 valence electrons. The zero-order valence-electron chi connectivity index (χ0n) is 26.0. The number of carbonyl (C=O) groups excluding carboxylic acids is 3. The highest BCUT2D eigenvalue weighted by Crippen LogP contribution is 2.50. The molecular formula is C38H35N3O6. The molecular weight excluding hydrogens is 594 g/mol. The Balaban J connectivity index is 1.21. The van der Waals surface area contributed by atoms with E-state index in [9.17, 15) is 24.6 Å². The van der Waals surface area contributed by atoms with Gasteiger partial charge in [0, 0.05) is 35.8 Å². The normalized spacial score (nSPS) is 20.9. The van der Waals surface area contributed by atoms with Crippen molar-refractivity contribution in [3.63, 3.8) is 0 Å². The van der Waals surface area contributed by atoms with E-state index < -0.39 is 17.4 Å². The summed E-state index contributed by atoms with van der Waals surface area (Å²) in [5, 5.41) is 22.4. The van der Waals surface area contributed by atoms with Crippen molar-refractivity contribution in [2.75, 3.05) is 23.0 Å². The Kier molecular flexibility index (Phi) is 7.87. The molecule has 9 heteroatoms. The number of amides is 3. The van der Waals surface area contributed by atoms with Crippen molar-refractivity contribution in [3.8, 4) is 5.75 Å². The van der Waals surface area contributed by atoms with Gasteiger partial charge in [0.1, 0.15) is 5.75 Å². The van der Waals surface area contributed by atoms with Gasteiger partial charge in [0.05, 0.1) is 24.0 Å². The summed E-state index contributed by atoms with van der Waals surface area (Å²) < 4.78 is 5.63. The van der Waals surface area contributed by atoms with Crippen LogP contribution in [0, 0.1) is 5.92 Å². The number of benzene rings is 4. The highest BCUT2D eigenvalue weighted by molar-refractivity contribution is 6.13. The molecule has 3 heterocycles. The van der Waals surface area contributed by atoms with Gasteiger partial charge in [0.2, 0.25) is 5.91 Å². The van der Waals surface area contributed by atoms with Crippen LogP contribution in [0.3, 0.4) is 0 Å². The van der Waals surface area contributed by atoms with Gasteiger partial charge < -0.3 is 19.8 Å². The maximum atomic E-state index is 14.3. The van der Waals surface area contributed by atoms with E-state index in [2.05, 4.69) is 0 Å². The average Bonchev–Trinajstić information content (AvgIpc) is 3.33. The van der Waals surface area contributed by atoms with Gasteiger partial charge in [0.15, 0.2) is 12.2 Å². The lowest BCUT2D eigenvalue weighted by Crippen LogP contribution is -2.46. The van der Waals surface area contributed by atoms with Crippen LogP contribution in [0.15, 0.2) is 109 Å². The lowest BCUT2D eigenvalue weighted by atomic mass is 9.82. The first-order chi connectivity index (χ1) is 22.8. The van der Waals surface area contributed by atoms with Crippen LogP contribution in [-0.4, -0.2) is 52.1 Å². The first-order valence-corrected chi connectivity index (χ1v) is 15.8. The van der Waals surface area contributed by atoms with Crippen LogP contribution in [0.2, 0.25) is 0 Å². The van der Waals surface area contributed by atoms with Gasteiger partial charge in [-0.25, -0.2) is 0 Å². The molecule has 0 bridgehead atoms. The summed E-state index contributed by atoms with van der Waals surface area (Å²) >= 11 is 0. The Morgan fingerprint density at radius 3 is 2.43 bits per heavy atom. The number of carbonyl (C=O) groups is 3. The molecule has 4 aromatic carbocycles. The summed E-state index contributed by atoms with van der Waals surface area (Å²) in [5.41, 5.74) is 2.73. The smallest absolute Gasteiger partial charge is 0.269 e. The zero-order valence-corrected chi connectivity index (χ0v) is 26.0. The van der Waals surface area contributed by atoms with Gasteiger partial charge >= 0.3 is 0 Å². The molecule has 47 heavy (non-hydrogen) atoms. The lowest BCUT2D eigenvalue weighted by molar-refractivity contribution is -0.138. The van der Waals surface area contributed by atoms with Crippen molar-refractivity contribution in [1.29, 1.82) is 0 Å². The topological polar surface area (TPSA) is 111 Å². The second-order valence-corrected chi connectivity index (χ2v) is 12.2. The molecule has 4 aromatic rings. The number of rotatable bonds is 7. The van der Waals surface area contributed by atoms with Crippen LogP contribution in [0.25, 0.3) is 0 Å². The second kappa shape index (κ2) is 12.2. The molecule has 3 amide bonds. The van der Waals surface area contributed by atoms with Gasteiger partial charge in [-0.2, -0.15) is 0 Å². The Labute approximate surface area is 272 Å². The summed E-state index contributed by atoms with van der Waals surface area (Å²) in [5.74, 6) is -1.13. The van der Waals surface area contributed by atoms with Gasteiger partial charge in [-0.15, -0.1) is 0 Å². The van der Waals surface area contributed by atoms with Crippen molar-refractivity contribution in [3.05, 3.63) is 126 Å². The molecule has 0 saturated heterocycles. The number of aliphatic hydroxyl groups excluding tert-OH is 1. The van der Waals surface area contributed by atoms with Crippen molar-refractivity contribution in [2.45, 2.75) is 38.0 Å². The maximum Gasteiger partial charge on any atom is 0.269 e. The molecule has 0 aromatic heterocycles. The third-order valence-corrected chi connectivity index (χ3v) is 9.40. The van der Waals surface area contributed by atoms with Crippen molar-refractivity contribution < 1.29 is 29.3 Å². The summed E-state index contributed by atoms with van der Waals surface area (Å²) in [6.45, 7) is 1.88. The highest BCUT2D eigenvalue weighted by atomic mass is 16.5. The molecule has 7 rings (SSSR count). The molecule has 0 spiro atoms. The number of hydrogen-bond donors (Lipinski definition) is 2. The standard InChI is InChI=1S/C38H35N3O6/c1-25(10-9-17-35(43)39-22-27-12-6-5-11-26(27)20-30(39)23-42)38(46)31-21-29(40-33-15-7-8-16-34(33)47-24-36(40)44)18-19-32(31)41(37(38)45)28-13-3-2-4-14-28/h2-16,18-19,21,25,30,42,46H,17,20,22-24H2,1H3/b10-9+/t25-,30-,38+/m0/s1. The fourth-order valence-electron chi connectivity index (χ4n) is 6.89. The predicted octanol–water partition coefficient (Wildman–Crippen LogP) is 5.14. The lowest BCUT2D eigenvalue weighted by Gasteiger charge is -2.36. The molecule has 3 aliphatic rings. The summed E-state index contributed by atoms with van der Waals surface area (Å²) in [4.78, 5) is 45.5. The van der Waals surface area contributed by atoms with Crippen LogP contribution < -0.4 is 14.5 Å². The fourth-order valence-corrected chi connectivity index (χ4v) is 6.89. The molecule has 9 nitrogen and oxygen atoms in total. The summed E-state index contributed by atoms with van der Waals surface area (Å²) in [7, 11) is 0. The molecule has 0 radical (unpaired) electrons. The minimum absolute atomic E-state index is 0.0433. The van der Waals surface area contributed by atoms with Gasteiger partial charge in [-0.3, -0.25) is 24.2 Å². The predicted molar refractivity (Wildman–Crippen MR) is 178 cm³/mol. The van der Waals surface area contributed by atoms with E-state index in [1.165, 1.54) is 4.90 Å². The van der Waals surface area contributed by atoms with E-state index in [1.54, 1.807) is 71.3 Å². The summed E-state index contributed by atoms with van der Waals surface area (Å²) in [6.07, 6.45) is 4.00. The number of ether oxygens (including phenoxy) is 1. The van der Waals surface area contributed by atoms with E-state index in [4.69, 9.17) is 4.74 Å².